The number of nitrogens with one attached hydrogen (secondary N) is 1. The molecule has 0 amide bonds. The zero-order valence-electron chi connectivity index (χ0n) is 17.0. The number of hydrogen-bond acceptors (Lipinski definition) is 6. The number of hydrogen-bond donors (Lipinski definition) is 1. The van der Waals surface area contributed by atoms with Crippen molar-refractivity contribution >= 4 is 25.2 Å². The SMILES string of the molecule is [B]c1c(OCc2ccc(F)cc2F)nc(NC)n(-c2cc(C(=O)OC)ccc2C)c1=O. The first-order valence-corrected chi connectivity index (χ1v) is 9.13. The molecule has 0 atom stereocenters. The van der Waals surface area contributed by atoms with Crippen LogP contribution in [0.25, 0.3) is 5.69 Å². The van der Waals surface area contributed by atoms with Crippen LogP contribution in [0.3, 0.4) is 0 Å². The standard InChI is InChI=1S/C21H18BF2N3O4/c1-11-4-5-12(20(29)30-3)8-16(11)27-19(28)17(22)18(26-21(27)25-2)31-10-13-6-7-14(23)9-15(13)24/h4-9H,10H2,1-3H3,(H,25,26). The van der Waals surface area contributed by atoms with Gasteiger partial charge in [0.15, 0.2) is 0 Å². The monoisotopic (exact) mass is 425 g/mol. The van der Waals surface area contributed by atoms with Crippen molar-refractivity contribution in [1.29, 1.82) is 0 Å². The molecule has 0 spiro atoms. The van der Waals surface area contributed by atoms with Crippen molar-refractivity contribution in [3.8, 4) is 11.6 Å². The van der Waals surface area contributed by atoms with Crippen molar-refractivity contribution in [3.63, 3.8) is 0 Å². The molecule has 0 aliphatic heterocycles. The normalized spacial score (nSPS) is 10.6. The fourth-order valence-electron chi connectivity index (χ4n) is 2.90. The molecule has 158 valence electrons. The summed E-state index contributed by atoms with van der Waals surface area (Å²) >= 11 is 0. The Morgan fingerprint density at radius 2 is 1.97 bits per heavy atom. The highest BCUT2D eigenvalue weighted by molar-refractivity contribution is 6.33. The van der Waals surface area contributed by atoms with Crippen LogP contribution in [0.2, 0.25) is 0 Å². The summed E-state index contributed by atoms with van der Waals surface area (Å²) in [5.41, 5.74) is 0.382. The number of aryl methyl sites for hydroxylation is 1. The second kappa shape index (κ2) is 8.99. The molecule has 0 aliphatic carbocycles. The Balaban J connectivity index is 2.04. The lowest BCUT2D eigenvalue weighted by atomic mass is 9.99. The third-order valence-electron chi connectivity index (χ3n) is 4.56. The van der Waals surface area contributed by atoms with E-state index in [1.54, 1.807) is 19.1 Å². The molecule has 3 aromatic rings. The van der Waals surface area contributed by atoms with E-state index in [9.17, 15) is 18.4 Å². The molecule has 1 aromatic heterocycles. The Morgan fingerprint density at radius 3 is 2.61 bits per heavy atom. The van der Waals surface area contributed by atoms with Crippen molar-refractivity contribution in [1.82, 2.24) is 9.55 Å². The van der Waals surface area contributed by atoms with Crippen LogP contribution in [0.5, 0.6) is 5.88 Å². The quantitative estimate of drug-likeness (QED) is 0.481. The third-order valence-corrected chi connectivity index (χ3v) is 4.56. The van der Waals surface area contributed by atoms with E-state index >= 15 is 0 Å². The van der Waals surface area contributed by atoms with Crippen LogP contribution in [0.4, 0.5) is 14.7 Å². The van der Waals surface area contributed by atoms with Gasteiger partial charge in [0.05, 0.1) is 18.4 Å². The maximum Gasteiger partial charge on any atom is 0.337 e. The van der Waals surface area contributed by atoms with E-state index in [2.05, 4.69) is 10.3 Å². The number of halogens is 2. The van der Waals surface area contributed by atoms with Gasteiger partial charge in [-0.3, -0.25) is 4.79 Å². The molecule has 0 aliphatic rings. The van der Waals surface area contributed by atoms with E-state index in [0.29, 0.717) is 11.3 Å². The first-order chi connectivity index (χ1) is 14.8. The van der Waals surface area contributed by atoms with E-state index in [1.807, 2.05) is 0 Å². The minimum Gasteiger partial charge on any atom is -0.473 e. The van der Waals surface area contributed by atoms with Crippen LogP contribution in [0.15, 0.2) is 41.2 Å². The number of carbonyl (C=O) groups excluding carboxylic acids is 1. The molecule has 0 unspecified atom stereocenters. The van der Waals surface area contributed by atoms with Crippen LogP contribution in [0, 0.1) is 18.6 Å². The number of benzene rings is 2. The number of anilines is 1. The molecule has 0 saturated heterocycles. The third kappa shape index (κ3) is 4.42. The number of aromatic nitrogens is 2. The fraction of sp³-hybridized carbons (Fsp3) is 0.190. The molecule has 0 saturated carbocycles. The van der Waals surface area contributed by atoms with Gasteiger partial charge < -0.3 is 14.8 Å². The largest absolute Gasteiger partial charge is 0.473 e. The summed E-state index contributed by atoms with van der Waals surface area (Å²) < 4.78 is 38.3. The predicted molar refractivity (Wildman–Crippen MR) is 112 cm³/mol. The van der Waals surface area contributed by atoms with Gasteiger partial charge >= 0.3 is 5.97 Å². The van der Waals surface area contributed by atoms with Crippen molar-refractivity contribution in [2.24, 2.45) is 0 Å². The summed E-state index contributed by atoms with van der Waals surface area (Å²) in [6.45, 7) is 1.44. The Bertz CT molecular complexity index is 1210. The van der Waals surface area contributed by atoms with E-state index in [-0.39, 0.29) is 35.0 Å². The summed E-state index contributed by atoms with van der Waals surface area (Å²) in [7, 11) is 8.74. The maximum absolute atomic E-state index is 13.9. The number of methoxy groups -OCH3 is 1. The molecule has 2 radical (unpaired) electrons. The van der Waals surface area contributed by atoms with Gasteiger partial charge in [-0.2, -0.15) is 4.98 Å². The first-order valence-electron chi connectivity index (χ1n) is 9.13. The van der Waals surface area contributed by atoms with Gasteiger partial charge in [0, 0.05) is 24.1 Å². The molecule has 0 fully saturated rings. The molecule has 7 nitrogen and oxygen atoms in total. The minimum absolute atomic E-state index is 0.0689. The highest BCUT2D eigenvalue weighted by Gasteiger charge is 2.18. The molecule has 1 heterocycles. The highest BCUT2D eigenvalue weighted by Crippen LogP contribution is 2.20. The molecule has 31 heavy (non-hydrogen) atoms. The lowest BCUT2D eigenvalue weighted by Gasteiger charge is -2.18. The molecule has 0 bridgehead atoms. The van der Waals surface area contributed by atoms with Crippen molar-refractivity contribution in [3.05, 3.63) is 75.1 Å². The Hall–Kier alpha value is -3.69. The fourth-order valence-corrected chi connectivity index (χ4v) is 2.90. The van der Waals surface area contributed by atoms with E-state index in [0.717, 1.165) is 12.1 Å². The van der Waals surface area contributed by atoms with E-state index in [4.69, 9.17) is 17.3 Å². The van der Waals surface area contributed by atoms with Gasteiger partial charge in [-0.25, -0.2) is 18.1 Å². The molecule has 1 N–H and O–H groups in total. The Labute approximate surface area is 178 Å². The number of ether oxygens (including phenoxy) is 2. The van der Waals surface area contributed by atoms with Gasteiger partial charge in [-0.05, 0) is 36.8 Å². The summed E-state index contributed by atoms with van der Waals surface area (Å²) in [4.78, 5) is 29.1. The topological polar surface area (TPSA) is 82.4 Å². The van der Waals surface area contributed by atoms with Gasteiger partial charge in [0.1, 0.15) is 26.1 Å². The van der Waals surface area contributed by atoms with Gasteiger partial charge in [-0.15, -0.1) is 0 Å². The van der Waals surface area contributed by atoms with Crippen molar-refractivity contribution < 1.29 is 23.0 Å². The number of esters is 1. The lowest BCUT2D eigenvalue weighted by molar-refractivity contribution is 0.0600. The molecule has 3 rings (SSSR count). The molecule has 2 aromatic carbocycles. The summed E-state index contributed by atoms with van der Waals surface area (Å²) in [5, 5.41) is 2.79. The molecule has 10 heteroatoms. The maximum atomic E-state index is 13.9. The average Bonchev–Trinajstić information content (AvgIpc) is 2.75. The molecular weight excluding hydrogens is 407 g/mol. The second-order valence-corrected chi connectivity index (χ2v) is 6.56. The van der Waals surface area contributed by atoms with Gasteiger partial charge in [0.25, 0.3) is 5.56 Å². The van der Waals surface area contributed by atoms with E-state index in [1.165, 1.54) is 30.9 Å². The van der Waals surface area contributed by atoms with E-state index < -0.39 is 23.2 Å². The zero-order valence-corrected chi connectivity index (χ0v) is 17.0. The minimum atomic E-state index is -0.795. The summed E-state index contributed by atoms with van der Waals surface area (Å²) in [6.07, 6.45) is 0. The lowest BCUT2D eigenvalue weighted by Crippen LogP contribution is -2.37. The van der Waals surface area contributed by atoms with Gasteiger partial charge in [-0.1, -0.05) is 6.07 Å². The number of carbonyl (C=O) groups is 1. The Kier molecular flexibility index (Phi) is 6.38. The highest BCUT2D eigenvalue weighted by atomic mass is 19.1. The smallest absolute Gasteiger partial charge is 0.337 e. The predicted octanol–water partition coefficient (Wildman–Crippen LogP) is 2.02. The number of rotatable bonds is 6. The van der Waals surface area contributed by atoms with Crippen LogP contribution in [0.1, 0.15) is 21.5 Å². The van der Waals surface area contributed by atoms with Crippen LogP contribution in [-0.4, -0.2) is 37.5 Å². The van der Waals surface area contributed by atoms with Crippen LogP contribution < -0.4 is 21.1 Å². The van der Waals surface area contributed by atoms with Crippen molar-refractivity contribution in [2.75, 3.05) is 19.5 Å². The Morgan fingerprint density at radius 1 is 1.23 bits per heavy atom. The van der Waals surface area contributed by atoms with Crippen LogP contribution in [-0.2, 0) is 11.3 Å². The second-order valence-electron chi connectivity index (χ2n) is 6.56. The average molecular weight is 425 g/mol. The molecular formula is C21H18BF2N3O4. The first kappa shape index (κ1) is 22.0. The zero-order chi connectivity index (χ0) is 22.7. The summed E-state index contributed by atoms with van der Waals surface area (Å²) in [6, 6.07) is 7.75. The number of nitrogens with zero attached hydrogens (tertiary/aromatic N) is 2. The van der Waals surface area contributed by atoms with Crippen molar-refractivity contribution in [2.45, 2.75) is 13.5 Å². The van der Waals surface area contributed by atoms with Gasteiger partial charge in [0.2, 0.25) is 11.8 Å². The summed E-state index contributed by atoms with van der Waals surface area (Å²) in [5.74, 6) is -2.21. The van der Waals surface area contributed by atoms with Crippen LogP contribution >= 0.6 is 0 Å².